The van der Waals surface area contributed by atoms with Crippen molar-refractivity contribution in [3.63, 3.8) is 0 Å². The van der Waals surface area contributed by atoms with Gasteiger partial charge < -0.3 is 0 Å². The molecule has 6 heteroatoms. The highest BCUT2D eigenvalue weighted by Crippen LogP contribution is 2.22. The van der Waals surface area contributed by atoms with Gasteiger partial charge in [0.1, 0.15) is 0 Å². The molecule has 0 saturated heterocycles. The third-order valence-corrected chi connectivity index (χ3v) is 4.24. The van der Waals surface area contributed by atoms with Gasteiger partial charge in [-0.15, -0.1) is 0 Å². The maximum Gasteiger partial charge on any atom is 0.261 e. The number of fused-ring (bicyclic) bond motifs is 1. The fourth-order valence-electron chi connectivity index (χ4n) is 2.58. The zero-order valence-corrected chi connectivity index (χ0v) is 15.3. The van der Waals surface area contributed by atoms with Crippen LogP contribution in [0.3, 0.4) is 0 Å². The Bertz CT molecular complexity index is 1060. The first kappa shape index (κ1) is 18.8. The molecule has 0 N–H and O–H groups in total. The summed E-state index contributed by atoms with van der Waals surface area (Å²) >= 11 is 0. The Hall–Kier alpha value is -3.98. The lowest BCUT2D eigenvalue weighted by Crippen LogP contribution is -2.24. The molecule has 0 radical (unpaired) electrons. The molecule has 0 spiro atoms. The standard InChI is InChI=1S/C17H11NO2.C5H5NO2/c1-18-16(19)14-10-9-13(11-15(14)17(18)20)8-7-12-5-3-2-4-6-12;1-6-4(7)2-3-5(6)8/h2-6,9-11H,1H3;2-3H,1H3. The van der Waals surface area contributed by atoms with Gasteiger partial charge in [-0.1, -0.05) is 30.0 Å². The summed E-state index contributed by atoms with van der Waals surface area (Å²) in [6.45, 7) is 0. The molecule has 4 amide bonds. The second-order valence-corrected chi connectivity index (χ2v) is 6.11. The van der Waals surface area contributed by atoms with Gasteiger partial charge >= 0.3 is 0 Å². The normalized spacial score (nSPS) is 14.5. The number of nitrogens with zero attached hydrogens (tertiary/aromatic N) is 2. The average Bonchev–Trinajstić information content (AvgIpc) is 3.13. The summed E-state index contributed by atoms with van der Waals surface area (Å²) in [5.74, 6) is 5.03. The Morgan fingerprint density at radius 3 is 1.79 bits per heavy atom. The van der Waals surface area contributed by atoms with Crippen molar-refractivity contribution < 1.29 is 19.2 Å². The maximum atomic E-state index is 11.9. The van der Waals surface area contributed by atoms with E-state index in [2.05, 4.69) is 11.8 Å². The van der Waals surface area contributed by atoms with Crippen molar-refractivity contribution >= 4 is 23.6 Å². The summed E-state index contributed by atoms with van der Waals surface area (Å²) in [4.78, 5) is 46.6. The number of amides is 4. The number of hydrogen-bond acceptors (Lipinski definition) is 4. The van der Waals surface area contributed by atoms with Gasteiger partial charge in [0.2, 0.25) is 0 Å². The number of likely N-dealkylation sites (N-methyl/N-ethyl adjacent to an activating group) is 1. The zero-order valence-electron chi connectivity index (χ0n) is 15.3. The van der Waals surface area contributed by atoms with Gasteiger partial charge in [-0.05, 0) is 30.3 Å². The van der Waals surface area contributed by atoms with Crippen LogP contribution in [0.2, 0.25) is 0 Å². The van der Waals surface area contributed by atoms with Crippen molar-refractivity contribution in [2.24, 2.45) is 0 Å². The van der Waals surface area contributed by atoms with E-state index in [1.807, 2.05) is 30.3 Å². The third kappa shape index (κ3) is 3.74. The number of benzene rings is 2. The summed E-state index contributed by atoms with van der Waals surface area (Å²) in [6.07, 6.45) is 2.50. The monoisotopic (exact) mass is 372 g/mol. The molecule has 28 heavy (non-hydrogen) atoms. The molecule has 2 aromatic carbocycles. The van der Waals surface area contributed by atoms with E-state index in [0.29, 0.717) is 11.1 Å². The minimum Gasteiger partial charge on any atom is -0.279 e. The molecule has 0 bridgehead atoms. The highest BCUT2D eigenvalue weighted by molar-refractivity contribution is 6.21. The van der Waals surface area contributed by atoms with Gasteiger partial charge in [0.25, 0.3) is 23.6 Å². The number of hydrogen-bond donors (Lipinski definition) is 0. The van der Waals surface area contributed by atoms with Crippen LogP contribution in [0.15, 0.2) is 60.7 Å². The van der Waals surface area contributed by atoms with Crippen molar-refractivity contribution in [2.75, 3.05) is 14.1 Å². The fraction of sp³-hybridized carbons (Fsp3) is 0.0909. The van der Waals surface area contributed by atoms with E-state index in [-0.39, 0.29) is 23.6 Å². The Morgan fingerprint density at radius 2 is 1.21 bits per heavy atom. The molecule has 0 unspecified atom stereocenters. The van der Waals surface area contributed by atoms with E-state index < -0.39 is 0 Å². The molecular formula is C22H16N2O4. The van der Waals surface area contributed by atoms with Crippen molar-refractivity contribution in [1.29, 1.82) is 0 Å². The lowest BCUT2D eigenvalue weighted by molar-refractivity contribution is -0.135. The summed E-state index contributed by atoms with van der Waals surface area (Å²) in [7, 11) is 2.94. The topological polar surface area (TPSA) is 74.8 Å². The second kappa shape index (κ2) is 7.72. The SMILES string of the molecule is CN1C(=O)C=CC1=O.CN1C(=O)c2ccc(C#Cc3ccccc3)cc2C1=O. The predicted molar refractivity (Wildman–Crippen MR) is 102 cm³/mol. The molecule has 138 valence electrons. The van der Waals surface area contributed by atoms with Crippen LogP contribution < -0.4 is 0 Å². The zero-order chi connectivity index (χ0) is 20.3. The van der Waals surface area contributed by atoms with E-state index in [1.165, 1.54) is 26.2 Å². The predicted octanol–water partition coefficient (Wildman–Crippen LogP) is 1.85. The van der Waals surface area contributed by atoms with E-state index in [4.69, 9.17) is 0 Å². The number of carbonyl (C=O) groups excluding carboxylic acids is 4. The van der Waals surface area contributed by atoms with E-state index in [1.54, 1.807) is 18.2 Å². The van der Waals surface area contributed by atoms with Gasteiger partial charge in [-0.25, -0.2) is 0 Å². The van der Waals surface area contributed by atoms with Crippen LogP contribution in [-0.2, 0) is 9.59 Å². The highest BCUT2D eigenvalue weighted by Gasteiger charge is 2.32. The van der Waals surface area contributed by atoms with E-state index >= 15 is 0 Å². The van der Waals surface area contributed by atoms with Gasteiger partial charge in [0.05, 0.1) is 11.1 Å². The molecule has 4 rings (SSSR count). The highest BCUT2D eigenvalue weighted by atomic mass is 16.2. The van der Waals surface area contributed by atoms with Gasteiger partial charge in [-0.3, -0.25) is 29.0 Å². The third-order valence-electron chi connectivity index (χ3n) is 4.24. The average molecular weight is 372 g/mol. The molecule has 2 aliphatic rings. The molecule has 0 atom stereocenters. The van der Waals surface area contributed by atoms with Crippen molar-refractivity contribution in [3.05, 3.63) is 82.9 Å². The largest absolute Gasteiger partial charge is 0.279 e. The minimum absolute atomic E-state index is 0.241. The lowest BCUT2D eigenvalue weighted by atomic mass is 10.1. The molecule has 2 heterocycles. The minimum atomic E-state index is -0.270. The molecule has 0 fully saturated rings. The van der Waals surface area contributed by atoms with Crippen LogP contribution in [0.5, 0.6) is 0 Å². The quantitative estimate of drug-likeness (QED) is 0.523. The maximum absolute atomic E-state index is 11.9. The molecule has 0 aromatic heterocycles. The summed E-state index contributed by atoms with van der Waals surface area (Å²) in [5.41, 5.74) is 2.51. The van der Waals surface area contributed by atoms with Crippen LogP contribution in [0, 0.1) is 11.8 Å². The van der Waals surface area contributed by atoms with E-state index in [0.717, 1.165) is 20.9 Å². The Kier molecular flexibility index (Phi) is 5.18. The summed E-state index contributed by atoms with van der Waals surface area (Å²) < 4.78 is 0. The summed E-state index contributed by atoms with van der Waals surface area (Å²) in [6, 6.07) is 14.7. The Morgan fingerprint density at radius 1 is 0.643 bits per heavy atom. The first-order valence-corrected chi connectivity index (χ1v) is 8.41. The molecule has 2 aromatic rings. The van der Waals surface area contributed by atoms with Gasteiger partial charge in [0.15, 0.2) is 0 Å². The van der Waals surface area contributed by atoms with Gasteiger partial charge in [-0.2, -0.15) is 0 Å². The van der Waals surface area contributed by atoms with E-state index in [9.17, 15) is 19.2 Å². The number of rotatable bonds is 0. The molecule has 0 saturated carbocycles. The van der Waals surface area contributed by atoms with Crippen LogP contribution in [0.4, 0.5) is 0 Å². The molecule has 0 aliphatic carbocycles. The Labute approximate surface area is 162 Å². The first-order valence-electron chi connectivity index (χ1n) is 8.41. The van der Waals surface area contributed by atoms with Crippen LogP contribution in [0.25, 0.3) is 0 Å². The lowest BCUT2D eigenvalue weighted by Gasteiger charge is -2.02. The van der Waals surface area contributed by atoms with Crippen LogP contribution >= 0.6 is 0 Å². The number of carbonyl (C=O) groups is 4. The van der Waals surface area contributed by atoms with Crippen LogP contribution in [0.1, 0.15) is 31.8 Å². The molecule has 6 nitrogen and oxygen atoms in total. The van der Waals surface area contributed by atoms with Crippen LogP contribution in [-0.4, -0.2) is 47.5 Å². The molecule has 2 aliphatic heterocycles. The Balaban J connectivity index is 0.000000236. The van der Waals surface area contributed by atoms with Gasteiger partial charge in [0, 0.05) is 37.4 Å². The molecular weight excluding hydrogens is 356 g/mol. The number of imide groups is 2. The smallest absolute Gasteiger partial charge is 0.261 e. The van der Waals surface area contributed by atoms with Crippen molar-refractivity contribution in [3.8, 4) is 11.8 Å². The first-order chi connectivity index (χ1) is 13.4. The fourth-order valence-corrected chi connectivity index (χ4v) is 2.58. The van der Waals surface area contributed by atoms with Crippen molar-refractivity contribution in [2.45, 2.75) is 0 Å². The van der Waals surface area contributed by atoms with Crippen molar-refractivity contribution in [1.82, 2.24) is 9.80 Å². The summed E-state index contributed by atoms with van der Waals surface area (Å²) in [5, 5.41) is 0. The second-order valence-electron chi connectivity index (χ2n) is 6.11.